The first-order valence-electron chi connectivity index (χ1n) is 7.25. The molecule has 0 saturated carbocycles. The molecule has 1 aromatic carbocycles. The molecule has 0 radical (unpaired) electrons. The number of hydrogen-bond acceptors (Lipinski definition) is 3. The molecule has 22 heavy (non-hydrogen) atoms. The SMILES string of the molecule is CN(C)Cc1cc(CNC(=O)CCc2cccs2)ccc1F. The van der Waals surface area contributed by atoms with Crippen LogP contribution in [0.5, 0.6) is 0 Å². The maximum Gasteiger partial charge on any atom is 0.220 e. The zero-order chi connectivity index (χ0) is 15.9. The van der Waals surface area contributed by atoms with Gasteiger partial charge in [0.1, 0.15) is 5.82 Å². The normalized spacial score (nSPS) is 10.9. The Morgan fingerprint density at radius 3 is 2.82 bits per heavy atom. The third-order valence-corrected chi connectivity index (χ3v) is 4.20. The Hall–Kier alpha value is -1.72. The number of aryl methyl sites for hydroxylation is 1. The lowest BCUT2D eigenvalue weighted by Gasteiger charge is -2.12. The van der Waals surface area contributed by atoms with Crippen LogP contribution in [-0.4, -0.2) is 24.9 Å². The van der Waals surface area contributed by atoms with Gasteiger partial charge in [0.2, 0.25) is 5.91 Å². The first-order chi connectivity index (χ1) is 10.5. The number of nitrogens with one attached hydrogen (secondary N) is 1. The molecule has 0 aliphatic rings. The van der Waals surface area contributed by atoms with Crippen molar-refractivity contribution in [2.24, 2.45) is 0 Å². The van der Waals surface area contributed by atoms with Crippen LogP contribution in [0.25, 0.3) is 0 Å². The average Bonchev–Trinajstić information content (AvgIpc) is 2.98. The molecule has 118 valence electrons. The molecule has 0 saturated heterocycles. The van der Waals surface area contributed by atoms with E-state index in [1.165, 1.54) is 10.9 Å². The van der Waals surface area contributed by atoms with E-state index in [9.17, 15) is 9.18 Å². The highest BCUT2D eigenvalue weighted by atomic mass is 32.1. The van der Waals surface area contributed by atoms with Gasteiger partial charge >= 0.3 is 0 Å². The third-order valence-electron chi connectivity index (χ3n) is 3.26. The van der Waals surface area contributed by atoms with Gasteiger partial charge in [0.25, 0.3) is 0 Å². The summed E-state index contributed by atoms with van der Waals surface area (Å²) in [4.78, 5) is 15.0. The number of rotatable bonds is 7. The summed E-state index contributed by atoms with van der Waals surface area (Å²) in [5.41, 5.74) is 1.57. The van der Waals surface area contributed by atoms with Gasteiger partial charge in [-0.15, -0.1) is 11.3 Å². The molecule has 0 aliphatic heterocycles. The van der Waals surface area contributed by atoms with E-state index in [0.29, 0.717) is 25.1 Å². The maximum absolute atomic E-state index is 13.7. The molecule has 0 spiro atoms. The van der Waals surface area contributed by atoms with Crippen LogP contribution in [0.15, 0.2) is 35.7 Å². The molecule has 1 N–H and O–H groups in total. The number of benzene rings is 1. The fourth-order valence-corrected chi connectivity index (χ4v) is 2.89. The van der Waals surface area contributed by atoms with E-state index >= 15 is 0 Å². The maximum atomic E-state index is 13.7. The van der Waals surface area contributed by atoms with Crippen molar-refractivity contribution in [3.05, 3.63) is 57.5 Å². The fraction of sp³-hybridized carbons (Fsp3) is 0.353. The van der Waals surface area contributed by atoms with E-state index in [1.54, 1.807) is 17.4 Å². The van der Waals surface area contributed by atoms with Crippen LogP contribution in [0.2, 0.25) is 0 Å². The van der Waals surface area contributed by atoms with Crippen molar-refractivity contribution in [2.45, 2.75) is 25.9 Å². The predicted molar refractivity (Wildman–Crippen MR) is 88.3 cm³/mol. The smallest absolute Gasteiger partial charge is 0.220 e. The minimum Gasteiger partial charge on any atom is -0.352 e. The Morgan fingerprint density at radius 1 is 1.32 bits per heavy atom. The summed E-state index contributed by atoms with van der Waals surface area (Å²) in [6.07, 6.45) is 1.24. The van der Waals surface area contributed by atoms with Crippen molar-refractivity contribution in [3.8, 4) is 0 Å². The van der Waals surface area contributed by atoms with Crippen LogP contribution < -0.4 is 5.32 Å². The van der Waals surface area contributed by atoms with E-state index in [1.807, 2.05) is 42.6 Å². The zero-order valence-electron chi connectivity index (χ0n) is 12.9. The number of hydrogen-bond donors (Lipinski definition) is 1. The first-order valence-corrected chi connectivity index (χ1v) is 8.13. The van der Waals surface area contributed by atoms with Gasteiger partial charge in [-0.05, 0) is 49.7 Å². The summed E-state index contributed by atoms with van der Waals surface area (Å²) in [5.74, 6) is -0.187. The largest absolute Gasteiger partial charge is 0.352 e. The summed E-state index contributed by atoms with van der Waals surface area (Å²) >= 11 is 1.66. The van der Waals surface area contributed by atoms with Gasteiger partial charge in [-0.25, -0.2) is 4.39 Å². The van der Waals surface area contributed by atoms with Crippen molar-refractivity contribution in [1.82, 2.24) is 10.2 Å². The number of halogens is 1. The quantitative estimate of drug-likeness (QED) is 0.850. The van der Waals surface area contributed by atoms with Crippen LogP contribution in [0.4, 0.5) is 4.39 Å². The molecule has 1 amide bonds. The highest BCUT2D eigenvalue weighted by molar-refractivity contribution is 7.09. The van der Waals surface area contributed by atoms with Crippen LogP contribution in [0, 0.1) is 5.82 Å². The molecular formula is C17H21FN2OS. The summed E-state index contributed by atoms with van der Waals surface area (Å²) in [5, 5.41) is 4.90. The molecule has 0 atom stereocenters. The molecule has 0 fully saturated rings. The second-order valence-corrected chi connectivity index (χ2v) is 6.55. The molecular weight excluding hydrogens is 299 g/mol. The Labute approximate surface area is 134 Å². The highest BCUT2D eigenvalue weighted by Gasteiger charge is 2.07. The molecule has 0 bridgehead atoms. The Morgan fingerprint density at radius 2 is 2.14 bits per heavy atom. The fourth-order valence-electron chi connectivity index (χ4n) is 2.18. The molecule has 1 aromatic heterocycles. The summed E-state index contributed by atoms with van der Waals surface area (Å²) in [6, 6.07) is 9.02. The molecule has 0 unspecified atom stereocenters. The molecule has 5 heteroatoms. The lowest BCUT2D eigenvalue weighted by molar-refractivity contribution is -0.121. The lowest BCUT2D eigenvalue weighted by Crippen LogP contribution is -2.23. The standard InChI is InChI=1S/C17H21FN2OS/c1-20(2)12-14-10-13(5-7-16(14)18)11-19-17(21)8-6-15-4-3-9-22-15/h3-5,7,9-10H,6,8,11-12H2,1-2H3,(H,19,21). The predicted octanol–water partition coefficient (Wildman–Crippen LogP) is 3.20. The van der Waals surface area contributed by atoms with Gasteiger partial charge in [0.05, 0.1) is 0 Å². The molecule has 2 rings (SSSR count). The van der Waals surface area contributed by atoms with E-state index in [0.717, 1.165) is 12.0 Å². The number of nitrogens with zero attached hydrogens (tertiary/aromatic N) is 1. The van der Waals surface area contributed by atoms with Crippen molar-refractivity contribution in [3.63, 3.8) is 0 Å². The van der Waals surface area contributed by atoms with Crippen molar-refractivity contribution in [2.75, 3.05) is 14.1 Å². The molecule has 2 aromatic rings. The lowest BCUT2D eigenvalue weighted by atomic mass is 10.1. The number of amides is 1. The molecule has 0 aliphatic carbocycles. The van der Waals surface area contributed by atoms with E-state index < -0.39 is 0 Å². The zero-order valence-corrected chi connectivity index (χ0v) is 13.8. The number of carbonyl (C=O) groups excluding carboxylic acids is 1. The minimum atomic E-state index is -0.207. The number of thiophene rings is 1. The van der Waals surface area contributed by atoms with Crippen molar-refractivity contribution < 1.29 is 9.18 Å². The second-order valence-electron chi connectivity index (χ2n) is 5.52. The molecule has 3 nitrogen and oxygen atoms in total. The average molecular weight is 320 g/mol. The third kappa shape index (κ3) is 5.24. The van der Waals surface area contributed by atoms with Gasteiger partial charge < -0.3 is 10.2 Å². The van der Waals surface area contributed by atoms with Gasteiger partial charge in [0.15, 0.2) is 0 Å². The van der Waals surface area contributed by atoms with Crippen LogP contribution in [0.3, 0.4) is 0 Å². The van der Waals surface area contributed by atoms with Crippen molar-refractivity contribution in [1.29, 1.82) is 0 Å². The van der Waals surface area contributed by atoms with Gasteiger partial charge in [0, 0.05) is 30.0 Å². The second kappa shape index (κ2) is 8.06. The Kier molecular flexibility index (Phi) is 6.10. The van der Waals surface area contributed by atoms with Gasteiger partial charge in [-0.3, -0.25) is 4.79 Å². The minimum absolute atomic E-state index is 0.0203. The van der Waals surface area contributed by atoms with Crippen LogP contribution >= 0.6 is 11.3 Å². The highest BCUT2D eigenvalue weighted by Crippen LogP contribution is 2.13. The van der Waals surface area contributed by atoms with E-state index in [2.05, 4.69) is 5.32 Å². The Balaban J connectivity index is 1.84. The van der Waals surface area contributed by atoms with Crippen LogP contribution in [0.1, 0.15) is 22.4 Å². The van der Waals surface area contributed by atoms with Crippen LogP contribution in [-0.2, 0) is 24.3 Å². The molecule has 1 heterocycles. The van der Waals surface area contributed by atoms with E-state index in [-0.39, 0.29) is 11.7 Å². The summed E-state index contributed by atoms with van der Waals surface area (Å²) in [7, 11) is 3.80. The van der Waals surface area contributed by atoms with Crippen molar-refractivity contribution >= 4 is 17.2 Å². The summed E-state index contributed by atoms with van der Waals surface area (Å²) in [6.45, 7) is 0.982. The Bertz CT molecular complexity index is 611. The summed E-state index contributed by atoms with van der Waals surface area (Å²) < 4.78 is 13.7. The monoisotopic (exact) mass is 320 g/mol. The van der Waals surface area contributed by atoms with Gasteiger partial charge in [-0.2, -0.15) is 0 Å². The van der Waals surface area contributed by atoms with Gasteiger partial charge in [-0.1, -0.05) is 12.1 Å². The first kappa shape index (κ1) is 16.6. The topological polar surface area (TPSA) is 32.3 Å². The number of carbonyl (C=O) groups is 1. The van der Waals surface area contributed by atoms with E-state index in [4.69, 9.17) is 0 Å².